The van der Waals surface area contributed by atoms with Gasteiger partial charge in [0, 0.05) is 12.8 Å². The largest absolute Gasteiger partial charge is 0.441 e. The molecular formula is C8H12F3NO4. The second kappa shape index (κ2) is 4.98. The number of hydroxylamine groups is 1. The summed E-state index contributed by atoms with van der Waals surface area (Å²) in [6, 6.07) is 0. The van der Waals surface area contributed by atoms with E-state index in [9.17, 15) is 18.0 Å². The first-order valence-electron chi connectivity index (χ1n) is 4.64. The molecule has 0 aromatic heterocycles. The molecule has 8 heteroatoms. The molecule has 16 heavy (non-hydrogen) atoms. The first-order chi connectivity index (χ1) is 7.37. The average Bonchev–Trinajstić information content (AvgIpc) is 2.16. The lowest BCUT2D eigenvalue weighted by atomic mass is 10.1. The predicted octanol–water partition coefficient (Wildman–Crippen LogP) is 0.967. The van der Waals surface area contributed by atoms with E-state index in [0.29, 0.717) is 0 Å². The molecule has 0 saturated carbocycles. The minimum atomic E-state index is -4.61. The quantitative estimate of drug-likeness (QED) is 0.439. The summed E-state index contributed by atoms with van der Waals surface area (Å²) in [5, 5.41) is 8.82. The van der Waals surface area contributed by atoms with Crippen LogP contribution in [0.1, 0.15) is 19.3 Å². The molecule has 0 atom stereocenters. The number of carbonyl (C=O) groups excluding carboxylic acids is 1. The molecule has 0 aliphatic carbocycles. The number of alkyl halides is 3. The molecule has 1 rings (SSSR count). The lowest BCUT2D eigenvalue weighted by Gasteiger charge is -2.35. The first-order valence-corrected chi connectivity index (χ1v) is 4.64. The monoisotopic (exact) mass is 243 g/mol. The van der Waals surface area contributed by atoms with E-state index < -0.39 is 24.3 Å². The van der Waals surface area contributed by atoms with Crippen LogP contribution in [-0.4, -0.2) is 36.3 Å². The van der Waals surface area contributed by atoms with Gasteiger partial charge in [-0.25, -0.2) is 0 Å². The fraction of sp³-hybridized carbons (Fsp3) is 0.875. The van der Waals surface area contributed by atoms with Gasteiger partial charge in [0.2, 0.25) is 0 Å². The van der Waals surface area contributed by atoms with Crippen molar-refractivity contribution in [3.63, 3.8) is 0 Å². The van der Waals surface area contributed by atoms with E-state index in [4.69, 9.17) is 9.94 Å². The summed E-state index contributed by atoms with van der Waals surface area (Å²) in [6.45, 7) is 0.402. The van der Waals surface area contributed by atoms with E-state index in [1.807, 2.05) is 0 Å². The van der Waals surface area contributed by atoms with E-state index >= 15 is 0 Å². The molecular weight excluding hydrogens is 231 g/mol. The number of carbonyl (C=O) groups is 1. The van der Waals surface area contributed by atoms with Gasteiger partial charge < -0.3 is 14.7 Å². The summed E-state index contributed by atoms with van der Waals surface area (Å²) in [4.78, 5) is 11.0. The Labute approximate surface area is 89.5 Å². The number of nitrogens with one attached hydrogen (secondary N) is 1. The Morgan fingerprint density at radius 2 is 2.00 bits per heavy atom. The van der Waals surface area contributed by atoms with Gasteiger partial charge in [0.05, 0.1) is 13.2 Å². The standard InChI is InChI=1S/C8H12F3NO4/c9-8(10,11)5-6(13)16-7(12-14)1-3-15-4-2-7/h12,14H,1-5H2. The van der Waals surface area contributed by atoms with Gasteiger partial charge in [0.15, 0.2) is 5.72 Å². The highest BCUT2D eigenvalue weighted by atomic mass is 19.4. The number of rotatable bonds is 3. The molecule has 1 aliphatic heterocycles. The van der Waals surface area contributed by atoms with E-state index in [0.717, 1.165) is 0 Å². The molecule has 1 saturated heterocycles. The van der Waals surface area contributed by atoms with Crippen molar-refractivity contribution in [3.8, 4) is 0 Å². The molecule has 5 nitrogen and oxygen atoms in total. The number of halogens is 3. The van der Waals surface area contributed by atoms with Crippen molar-refractivity contribution in [1.29, 1.82) is 0 Å². The van der Waals surface area contributed by atoms with Gasteiger partial charge in [-0.05, 0) is 0 Å². The maximum atomic E-state index is 11.9. The zero-order chi connectivity index (χ0) is 12.2. The van der Waals surface area contributed by atoms with Gasteiger partial charge in [-0.2, -0.15) is 18.7 Å². The lowest BCUT2D eigenvalue weighted by Crippen LogP contribution is -2.51. The predicted molar refractivity (Wildman–Crippen MR) is 44.5 cm³/mol. The minimum Gasteiger partial charge on any atom is -0.441 e. The second-order valence-corrected chi connectivity index (χ2v) is 3.48. The van der Waals surface area contributed by atoms with E-state index in [1.54, 1.807) is 5.48 Å². The summed E-state index contributed by atoms with van der Waals surface area (Å²) >= 11 is 0. The van der Waals surface area contributed by atoms with Crippen molar-refractivity contribution in [2.24, 2.45) is 0 Å². The van der Waals surface area contributed by atoms with Crippen molar-refractivity contribution in [1.82, 2.24) is 5.48 Å². The summed E-state index contributed by atoms with van der Waals surface area (Å²) in [7, 11) is 0. The topological polar surface area (TPSA) is 67.8 Å². The van der Waals surface area contributed by atoms with Crippen LogP contribution in [-0.2, 0) is 14.3 Å². The van der Waals surface area contributed by atoms with Crippen LogP contribution in [0.2, 0.25) is 0 Å². The van der Waals surface area contributed by atoms with Gasteiger partial charge in [0.25, 0.3) is 0 Å². The Kier molecular flexibility index (Phi) is 4.11. The second-order valence-electron chi connectivity index (χ2n) is 3.48. The molecule has 1 fully saturated rings. The Morgan fingerprint density at radius 3 is 2.44 bits per heavy atom. The highest BCUT2D eigenvalue weighted by Gasteiger charge is 2.40. The lowest BCUT2D eigenvalue weighted by molar-refractivity contribution is -0.209. The van der Waals surface area contributed by atoms with E-state index in [1.165, 1.54) is 0 Å². The van der Waals surface area contributed by atoms with Crippen LogP contribution in [0.4, 0.5) is 13.2 Å². The van der Waals surface area contributed by atoms with Gasteiger partial charge in [-0.3, -0.25) is 4.79 Å². The van der Waals surface area contributed by atoms with Gasteiger partial charge in [-0.15, -0.1) is 0 Å². The van der Waals surface area contributed by atoms with Crippen LogP contribution in [0, 0.1) is 0 Å². The van der Waals surface area contributed by atoms with Crippen LogP contribution in [0.15, 0.2) is 0 Å². The smallest absolute Gasteiger partial charge is 0.399 e. The fourth-order valence-corrected chi connectivity index (χ4v) is 1.36. The molecule has 94 valence electrons. The Bertz CT molecular complexity index is 250. The van der Waals surface area contributed by atoms with Crippen LogP contribution < -0.4 is 5.48 Å². The molecule has 1 heterocycles. The molecule has 1 aliphatic rings. The van der Waals surface area contributed by atoms with Crippen molar-refractivity contribution in [3.05, 3.63) is 0 Å². The average molecular weight is 243 g/mol. The summed E-state index contributed by atoms with van der Waals surface area (Å²) in [6.07, 6.45) is -6.07. The number of hydrogen-bond donors (Lipinski definition) is 2. The van der Waals surface area contributed by atoms with Gasteiger partial charge in [-0.1, -0.05) is 0 Å². The Balaban J connectivity index is 2.52. The Hall–Kier alpha value is -0.860. The number of hydrogen-bond acceptors (Lipinski definition) is 5. The normalized spacial score (nSPS) is 20.5. The third-order valence-corrected chi connectivity index (χ3v) is 2.16. The maximum absolute atomic E-state index is 11.9. The summed E-state index contributed by atoms with van der Waals surface area (Å²) in [5.74, 6) is -1.42. The third-order valence-electron chi connectivity index (χ3n) is 2.16. The van der Waals surface area contributed by atoms with E-state index in [2.05, 4.69) is 4.74 Å². The molecule has 0 unspecified atom stereocenters. The van der Waals surface area contributed by atoms with Crippen molar-refractivity contribution >= 4 is 5.97 Å². The first kappa shape index (κ1) is 13.2. The fourth-order valence-electron chi connectivity index (χ4n) is 1.36. The number of esters is 1. The van der Waals surface area contributed by atoms with Crippen LogP contribution in [0.3, 0.4) is 0 Å². The molecule has 0 radical (unpaired) electrons. The molecule has 2 N–H and O–H groups in total. The maximum Gasteiger partial charge on any atom is 0.399 e. The molecule has 0 amide bonds. The SMILES string of the molecule is O=C(CC(F)(F)F)OC1(NO)CCOCC1. The van der Waals surface area contributed by atoms with E-state index in [-0.39, 0.29) is 26.1 Å². The third kappa shape index (κ3) is 3.95. The highest BCUT2D eigenvalue weighted by Crippen LogP contribution is 2.25. The Morgan fingerprint density at radius 1 is 1.44 bits per heavy atom. The number of ether oxygens (including phenoxy) is 2. The van der Waals surface area contributed by atoms with Crippen molar-refractivity contribution < 1.29 is 32.6 Å². The zero-order valence-electron chi connectivity index (χ0n) is 8.34. The minimum absolute atomic E-state index is 0.104. The highest BCUT2D eigenvalue weighted by molar-refractivity contribution is 5.70. The zero-order valence-corrected chi connectivity index (χ0v) is 8.34. The molecule has 0 aromatic carbocycles. The molecule has 0 bridgehead atoms. The van der Waals surface area contributed by atoms with Crippen molar-refractivity contribution in [2.45, 2.75) is 31.2 Å². The van der Waals surface area contributed by atoms with Gasteiger partial charge >= 0.3 is 12.1 Å². The van der Waals surface area contributed by atoms with Crippen LogP contribution in [0.25, 0.3) is 0 Å². The molecule has 0 aromatic rings. The van der Waals surface area contributed by atoms with Crippen LogP contribution >= 0.6 is 0 Å². The van der Waals surface area contributed by atoms with Gasteiger partial charge in [0.1, 0.15) is 6.42 Å². The summed E-state index contributed by atoms with van der Waals surface area (Å²) < 4.78 is 45.2. The summed E-state index contributed by atoms with van der Waals surface area (Å²) in [5.41, 5.74) is 0.286. The molecule has 0 spiro atoms. The van der Waals surface area contributed by atoms with Crippen LogP contribution in [0.5, 0.6) is 0 Å². The van der Waals surface area contributed by atoms with Crippen molar-refractivity contribution in [2.75, 3.05) is 13.2 Å².